The topological polar surface area (TPSA) is 82.4 Å². The molecule has 6 nitrogen and oxygen atoms in total. The Morgan fingerprint density at radius 1 is 1.22 bits per heavy atom. The van der Waals surface area contributed by atoms with Crippen molar-refractivity contribution in [3.8, 4) is 6.07 Å². The highest BCUT2D eigenvalue weighted by Gasteiger charge is 2.23. The number of carbonyl (C=O) groups excluding carboxylic acids is 2. The molecule has 1 aromatic rings. The maximum atomic E-state index is 12.3. The monoisotopic (exact) mass is 369 g/mol. The fourth-order valence-electron chi connectivity index (χ4n) is 3.02. The summed E-state index contributed by atoms with van der Waals surface area (Å²) in [6, 6.07) is 9.43. The lowest BCUT2D eigenvalue weighted by Crippen LogP contribution is -2.42. The van der Waals surface area contributed by atoms with Crippen LogP contribution in [0.5, 0.6) is 0 Å². The summed E-state index contributed by atoms with van der Waals surface area (Å²) in [5.41, 5.74) is 1.60. The standard InChI is InChI=1S/C21H27N3O3/c1-15(20(25)23-18-7-5-4-6-8-18)27-21(26)17(14-22)13-16-9-11-19(12-10-16)24(2)3/h9-13,15,18H,4-8H2,1-3H3,(H,23,25)/b17-13+/t15-/m1/s1. The van der Waals surface area contributed by atoms with E-state index in [9.17, 15) is 14.9 Å². The molecule has 1 aliphatic rings. The van der Waals surface area contributed by atoms with Crippen molar-refractivity contribution in [2.45, 2.75) is 51.2 Å². The summed E-state index contributed by atoms with van der Waals surface area (Å²) < 4.78 is 5.19. The molecule has 1 N–H and O–H groups in total. The largest absolute Gasteiger partial charge is 0.448 e. The van der Waals surface area contributed by atoms with Crippen LogP contribution in [0.3, 0.4) is 0 Å². The van der Waals surface area contributed by atoms with E-state index in [1.54, 1.807) is 0 Å². The van der Waals surface area contributed by atoms with E-state index in [0.29, 0.717) is 5.56 Å². The smallest absolute Gasteiger partial charge is 0.349 e. The van der Waals surface area contributed by atoms with Crippen LogP contribution in [0, 0.1) is 11.3 Å². The van der Waals surface area contributed by atoms with Crippen molar-refractivity contribution in [2.24, 2.45) is 0 Å². The number of anilines is 1. The molecule has 2 rings (SSSR count). The lowest BCUT2D eigenvalue weighted by molar-refractivity contribution is -0.151. The molecule has 0 aromatic heterocycles. The zero-order chi connectivity index (χ0) is 19.8. The molecule has 0 heterocycles. The highest BCUT2D eigenvalue weighted by molar-refractivity contribution is 5.99. The molecular weight excluding hydrogens is 342 g/mol. The van der Waals surface area contributed by atoms with Crippen molar-refractivity contribution in [3.05, 3.63) is 35.4 Å². The van der Waals surface area contributed by atoms with Gasteiger partial charge in [0.25, 0.3) is 5.91 Å². The third-order valence-corrected chi connectivity index (χ3v) is 4.67. The van der Waals surface area contributed by atoms with E-state index in [4.69, 9.17) is 4.74 Å². The molecule has 0 aliphatic heterocycles. The Kier molecular flexibility index (Phi) is 7.42. The number of amides is 1. The van der Waals surface area contributed by atoms with Gasteiger partial charge in [0, 0.05) is 25.8 Å². The number of hydrogen-bond acceptors (Lipinski definition) is 5. The zero-order valence-corrected chi connectivity index (χ0v) is 16.2. The molecule has 0 bridgehead atoms. The molecule has 0 spiro atoms. The van der Waals surface area contributed by atoms with Gasteiger partial charge in [0.15, 0.2) is 6.10 Å². The summed E-state index contributed by atoms with van der Waals surface area (Å²) in [5.74, 6) is -1.11. The van der Waals surface area contributed by atoms with E-state index in [1.165, 1.54) is 19.4 Å². The molecule has 1 saturated carbocycles. The van der Waals surface area contributed by atoms with Gasteiger partial charge in [0.2, 0.25) is 0 Å². The number of nitrogens with zero attached hydrogens (tertiary/aromatic N) is 2. The predicted octanol–water partition coefficient (Wildman–Crippen LogP) is 3.04. The van der Waals surface area contributed by atoms with Gasteiger partial charge < -0.3 is 15.0 Å². The average molecular weight is 369 g/mol. The lowest BCUT2D eigenvalue weighted by Gasteiger charge is -2.24. The second-order valence-electron chi connectivity index (χ2n) is 7.05. The number of nitrogens with one attached hydrogen (secondary N) is 1. The highest BCUT2D eigenvalue weighted by Crippen LogP contribution is 2.18. The molecule has 6 heteroatoms. The fourth-order valence-corrected chi connectivity index (χ4v) is 3.02. The van der Waals surface area contributed by atoms with E-state index < -0.39 is 12.1 Å². The molecule has 1 amide bonds. The number of benzene rings is 1. The van der Waals surface area contributed by atoms with Crippen LogP contribution in [-0.2, 0) is 14.3 Å². The minimum Gasteiger partial charge on any atom is -0.448 e. The molecule has 1 aromatic carbocycles. The first-order valence-corrected chi connectivity index (χ1v) is 9.31. The Balaban J connectivity index is 1.96. The van der Waals surface area contributed by atoms with Crippen molar-refractivity contribution in [2.75, 3.05) is 19.0 Å². The van der Waals surface area contributed by atoms with Crippen LogP contribution in [0.2, 0.25) is 0 Å². The summed E-state index contributed by atoms with van der Waals surface area (Å²) in [6.45, 7) is 1.52. The molecule has 0 saturated heterocycles. The Morgan fingerprint density at radius 2 is 1.85 bits per heavy atom. The van der Waals surface area contributed by atoms with Crippen LogP contribution in [0.25, 0.3) is 6.08 Å². The second-order valence-corrected chi connectivity index (χ2v) is 7.05. The van der Waals surface area contributed by atoms with Gasteiger partial charge in [-0.15, -0.1) is 0 Å². The van der Waals surface area contributed by atoms with Crippen molar-refractivity contribution >= 4 is 23.6 Å². The van der Waals surface area contributed by atoms with Crippen LogP contribution >= 0.6 is 0 Å². The zero-order valence-electron chi connectivity index (χ0n) is 16.2. The van der Waals surface area contributed by atoms with Crippen LogP contribution in [0.15, 0.2) is 29.8 Å². The molecular formula is C21H27N3O3. The van der Waals surface area contributed by atoms with Gasteiger partial charge in [-0.3, -0.25) is 4.79 Å². The Morgan fingerprint density at radius 3 is 2.41 bits per heavy atom. The maximum Gasteiger partial charge on any atom is 0.349 e. The van der Waals surface area contributed by atoms with Crippen molar-refractivity contribution in [3.63, 3.8) is 0 Å². The second kappa shape index (κ2) is 9.77. The maximum absolute atomic E-state index is 12.3. The van der Waals surface area contributed by atoms with Crippen LogP contribution < -0.4 is 10.2 Å². The number of esters is 1. The summed E-state index contributed by atoms with van der Waals surface area (Å²) >= 11 is 0. The third-order valence-electron chi connectivity index (χ3n) is 4.67. The van der Waals surface area contributed by atoms with Crippen LogP contribution in [-0.4, -0.2) is 38.1 Å². The minimum absolute atomic E-state index is 0.134. The van der Waals surface area contributed by atoms with Crippen LogP contribution in [0.4, 0.5) is 5.69 Å². The molecule has 27 heavy (non-hydrogen) atoms. The molecule has 0 unspecified atom stereocenters. The Hall–Kier alpha value is -2.81. The molecule has 1 fully saturated rings. The minimum atomic E-state index is -0.938. The molecule has 1 aliphatic carbocycles. The molecule has 144 valence electrons. The number of ether oxygens (including phenoxy) is 1. The van der Waals surface area contributed by atoms with Crippen molar-refractivity contribution in [1.29, 1.82) is 5.26 Å². The van der Waals surface area contributed by atoms with Gasteiger partial charge in [-0.2, -0.15) is 5.26 Å². The van der Waals surface area contributed by atoms with E-state index in [-0.39, 0.29) is 17.5 Å². The summed E-state index contributed by atoms with van der Waals surface area (Å²) in [6.07, 6.45) is 5.85. The van der Waals surface area contributed by atoms with Crippen LogP contribution in [0.1, 0.15) is 44.6 Å². The van der Waals surface area contributed by atoms with Gasteiger partial charge in [-0.05, 0) is 43.5 Å². The number of rotatable bonds is 6. The van der Waals surface area contributed by atoms with E-state index in [0.717, 1.165) is 31.4 Å². The van der Waals surface area contributed by atoms with Gasteiger partial charge in [0.05, 0.1) is 0 Å². The summed E-state index contributed by atoms with van der Waals surface area (Å²) in [4.78, 5) is 26.4. The van der Waals surface area contributed by atoms with Crippen molar-refractivity contribution in [1.82, 2.24) is 5.32 Å². The summed E-state index contributed by atoms with van der Waals surface area (Å²) in [7, 11) is 3.87. The Bertz CT molecular complexity index is 726. The first-order chi connectivity index (χ1) is 12.9. The molecule has 1 atom stereocenters. The van der Waals surface area contributed by atoms with Crippen molar-refractivity contribution < 1.29 is 14.3 Å². The van der Waals surface area contributed by atoms with E-state index >= 15 is 0 Å². The number of nitriles is 1. The highest BCUT2D eigenvalue weighted by atomic mass is 16.5. The predicted molar refractivity (Wildman–Crippen MR) is 105 cm³/mol. The Labute approximate surface area is 160 Å². The molecule has 0 radical (unpaired) electrons. The van der Waals surface area contributed by atoms with E-state index in [2.05, 4.69) is 5.32 Å². The van der Waals surface area contributed by atoms with Gasteiger partial charge >= 0.3 is 5.97 Å². The fraction of sp³-hybridized carbons (Fsp3) is 0.476. The quantitative estimate of drug-likeness (QED) is 0.473. The lowest BCUT2D eigenvalue weighted by atomic mass is 9.95. The number of carbonyl (C=O) groups is 2. The SMILES string of the molecule is C[C@@H](OC(=O)/C(C#N)=C/c1ccc(N(C)C)cc1)C(=O)NC1CCCCC1. The number of hydrogen-bond donors (Lipinski definition) is 1. The van der Waals surface area contributed by atoms with Gasteiger partial charge in [-0.1, -0.05) is 31.4 Å². The van der Waals surface area contributed by atoms with Gasteiger partial charge in [0.1, 0.15) is 11.6 Å². The average Bonchev–Trinajstić information content (AvgIpc) is 2.67. The summed E-state index contributed by atoms with van der Waals surface area (Å²) in [5, 5.41) is 12.2. The van der Waals surface area contributed by atoms with Gasteiger partial charge in [-0.25, -0.2) is 4.79 Å². The first-order valence-electron chi connectivity index (χ1n) is 9.31. The van der Waals surface area contributed by atoms with E-state index in [1.807, 2.05) is 49.3 Å². The normalized spacial score (nSPS) is 16.1. The third kappa shape index (κ3) is 6.14. The first kappa shape index (κ1) is 20.5.